The second kappa shape index (κ2) is 7.40. The van der Waals surface area contributed by atoms with Crippen molar-refractivity contribution in [1.29, 1.82) is 0 Å². The molecule has 0 fully saturated rings. The summed E-state index contributed by atoms with van der Waals surface area (Å²) in [6.07, 6.45) is 3.02. The van der Waals surface area contributed by atoms with Gasteiger partial charge in [0, 0.05) is 17.5 Å². The Balaban J connectivity index is 1.83. The van der Waals surface area contributed by atoms with E-state index in [-0.39, 0.29) is 5.91 Å². The Morgan fingerprint density at radius 3 is 2.57 bits per heavy atom. The fraction of sp³-hybridized carbons (Fsp3) is 0.125. The van der Waals surface area contributed by atoms with Crippen LogP contribution in [0.4, 0.5) is 0 Å². The zero-order valence-corrected chi connectivity index (χ0v) is 12.1. The van der Waals surface area contributed by atoms with Crippen LogP contribution in [-0.2, 0) is 22.6 Å². The van der Waals surface area contributed by atoms with Crippen LogP contribution in [0, 0.1) is 0 Å². The third kappa shape index (κ3) is 5.24. The first-order valence-corrected chi connectivity index (χ1v) is 7.30. The number of nitrogens with one attached hydrogen (secondary N) is 1. The Morgan fingerprint density at radius 2 is 1.95 bits per heavy atom. The number of carbonyl (C=O) groups excluding carboxylic acids is 1. The lowest BCUT2D eigenvalue weighted by atomic mass is 10.1. The van der Waals surface area contributed by atoms with Crippen LogP contribution in [0.25, 0.3) is 6.08 Å². The van der Waals surface area contributed by atoms with E-state index in [4.69, 9.17) is 5.11 Å². The number of thiophene rings is 1. The maximum absolute atomic E-state index is 11.7. The molecule has 1 amide bonds. The van der Waals surface area contributed by atoms with Crippen molar-refractivity contribution in [2.75, 3.05) is 0 Å². The normalized spacial score (nSPS) is 10.7. The van der Waals surface area contributed by atoms with Gasteiger partial charge in [0.15, 0.2) is 0 Å². The fourth-order valence-electron chi connectivity index (χ4n) is 1.75. The molecular formula is C16H15NO3S. The van der Waals surface area contributed by atoms with Gasteiger partial charge in [0.2, 0.25) is 5.91 Å². The topological polar surface area (TPSA) is 66.4 Å². The van der Waals surface area contributed by atoms with Crippen molar-refractivity contribution in [2.24, 2.45) is 0 Å². The van der Waals surface area contributed by atoms with Crippen molar-refractivity contribution in [3.8, 4) is 0 Å². The van der Waals surface area contributed by atoms with Crippen molar-refractivity contribution < 1.29 is 14.7 Å². The van der Waals surface area contributed by atoms with Gasteiger partial charge in [0.25, 0.3) is 0 Å². The molecular weight excluding hydrogens is 286 g/mol. The Hall–Kier alpha value is -2.40. The summed E-state index contributed by atoms with van der Waals surface area (Å²) in [4.78, 5) is 23.2. The molecule has 0 radical (unpaired) electrons. The van der Waals surface area contributed by atoms with E-state index in [1.165, 1.54) is 6.08 Å². The molecule has 0 aliphatic carbocycles. The second-order valence-electron chi connectivity index (χ2n) is 4.45. The minimum atomic E-state index is -0.972. The number of carbonyl (C=O) groups is 2. The van der Waals surface area contributed by atoms with Crippen LogP contribution < -0.4 is 5.32 Å². The summed E-state index contributed by atoms with van der Waals surface area (Å²) >= 11 is 1.57. The summed E-state index contributed by atoms with van der Waals surface area (Å²) in [5.74, 6) is -0.979. The van der Waals surface area contributed by atoms with E-state index in [0.29, 0.717) is 13.0 Å². The number of amides is 1. The van der Waals surface area contributed by atoms with E-state index >= 15 is 0 Å². The molecule has 1 aromatic carbocycles. The largest absolute Gasteiger partial charge is 0.478 e. The monoisotopic (exact) mass is 301 g/mol. The van der Waals surface area contributed by atoms with Crippen LogP contribution >= 0.6 is 11.3 Å². The molecule has 1 heterocycles. The van der Waals surface area contributed by atoms with Gasteiger partial charge in [-0.3, -0.25) is 4.79 Å². The Bertz CT molecular complexity index is 630. The average molecular weight is 301 g/mol. The molecule has 2 aromatic rings. The van der Waals surface area contributed by atoms with Crippen LogP contribution in [-0.4, -0.2) is 17.0 Å². The van der Waals surface area contributed by atoms with Gasteiger partial charge in [-0.05, 0) is 28.6 Å². The number of aliphatic carboxylic acids is 1. The first kappa shape index (κ1) is 15.0. The van der Waals surface area contributed by atoms with E-state index in [1.807, 2.05) is 41.8 Å². The van der Waals surface area contributed by atoms with E-state index < -0.39 is 5.97 Å². The SMILES string of the molecule is O=C(O)C=Cc1ccc(CNC(=O)Cc2cccs2)cc1. The van der Waals surface area contributed by atoms with Crippen LogP contribution in [0.15, 0.2) is 47.9 Å². The summed E-state index contributed by atoms with van der Waals surface area (Å²) in [5, 5.41) is 13.4. The summed E-state index contributed by atoms with van der Waals surface area (Å²) in [7, 11) is 0. The first-order valence-electron chi connectivity index (χ1n) is 6.42. The predicted molar refractivity (Wildman–Crippen MR) is 83.0 cm³/mol. The minimum Gasteiger partial charge on any atom is -0.478 e. The van der Waals surface area contributed by atoms with Crippen molar-refractivity contribution >= 4 is 29.3 Å². The molecule has 5 heteroatoms. The van der Waals surface area contributed by atoms with Crippen molar-refractivity contribution in [1.82, 2.24) is 5.32 Å². The minimum absolute atomic E-state index is 0.00713. The standard InChI is InChI=1S/C16H15NO3S/c18-15(10-14-2-1-9-21-14)17-11-13-5-3-12(4-6-13)7-8-16(19)20/h1-9H,10-11H2,(H,17,18)(H,19,20). The number of benzene rings is 1. The van der Waals surface area contributed by atoms with Gasteiger partial charge >= 0.3 is 5.97 Å². The van der Waals surface area contributed by atoms with E-state index in [1.54, 1.807) is 11.3 Å². The quantitative estimate of drug-likeness (QED) is 0.806. The van der Waals surface area contributed by atoms with Gasteiger partial charge in [-0.25, -0.2) is 4.79 Å². The number of carboxylic acid groups (broad SMARTS) is 1. The third-order valence-corrected chi connectivity index (χ3v) is 3.68. The van der Waals surface area contributed by atoms with E-state index in [9.17, 15) is 9.59 Å². The molecule has 108 valence electrons. The Morgan fingerprint density at radius 1 is 1.19 bits per heavy atom. The lowest BCUT2D eigenvalue weighted by molar-refractivity contribution is -0.131. The van der Waals surface area contributed by atoms with Gasteiger partial charge in [-0.2, -0.15) is 0 Å². The van der Waals surface area contributed by atoms with E-state index in [0.717, 1.165) is 22.1 Å². The second-order valence-corrected chi connectivity index (χ2v) is 5.48. The highest BCUT2D eigenvalue weighted by Crippen LogP contribution is 2.09. The van der Waals surface area contributed by atoms with Gasteiger partial charge in [-0.15, -0.1) is 11.3 Å². The molecule has 2 rings (SSSR count). The maximum atomic E-state index is 11.7. The number of hydrogen-bond donors (Lipinski definition) is 2. The molecule has 0 aliphatic heterocycles. The lowest BCUT2D eigenvalue weighted by Gasteiger charge is -2.05. The summed E-state index contributed by atoms with van der Waals surface area (Å²) < 4.78 is 0. The molecule has 0 aliphatic rings. The van der Waals surface area contributed by atoms with E-state index in [2.05, 4.69) is 5.32 Å². The number of hydrogen-bond acceptors (Lipinski definition) is 3. The van der Waals surface area contributed by atoms with Crippen LogP contribution in [0.2, 0.25) is 0 Å². The van der Waals surface area contributed by atoms with Gasteiger partial charge < -0.3 is 10.4 Å². The fourth-order valence-corrected chi connectivity index (χ4v) is 2.45. The summed E-state index contributed by atoms with van der Waals surface area (Å²) in [6, 6.07) is 11.2. The molecule has 0 unspecified atom stereocenters. The molecule has 0 saturated carbocycles. The summed E-state index contributed by atoms with van der Waals surface area (Å²) in [6.45, 7) is 0.465. The smallest absolute Gasteiger partial charge is 0.328 e. The maximum Gasteiger partial charge on any atom is 0.328 e. The Kier molecular flexibility index (Phi) is 5.29. The first-order chi connectivity index (χ1) is 10.1. The van der Waals surface area contributed by atoms with Crippen molar-refractivity contribution in [3.63, 3.8) is 0 Å². The lowest BCUT2D eigenvalue weighted by Crippen LogP contribution is -2.24. The van der Waals surface area contributed by atoms with Crippen molar-refractivity contribution in [3.05, 3.63) is 63.9 Å². The number of rotatable bonds is 6. The molecule has 0 atom stereocenters. The highest BCUT2D eigenvalue weighted by molar-refractivity contribution is 7.10. The average Bonchev–Trinajstić information content (AvgIpc) is 2.97. The van der Waals surface area contributed by atoms with Crippen LogP contribution in [0.3, 0.4) is 0 Å². The van der Waals surface area contributed by atoms with Gasteiger partial charge in [-0.1, -0.05) is 30.3 Å². The van der Waals surface area contributed by atoms with Gasteiger partial charge in [0.05, 0.1) is 6.42 Å². The predicted octanol–water partition coefficient (Wildman–Crippen LogP) is 2.70. The zero-order chi connectivity index (χ0) is 15.1. The molecule has 0 bridgehead atoms. The van der Waals surface area contributed by atoms with Gasteiger partial charge in [0.1, 0.15) is 0 Å². The highest BCUT2D eigenvalue weighted by Gasteiger charge is 2.03. The third-order valence-electron chi connectivity index (χ3n) is 2.80. The van der Waals surface area contributed by atoms with Crippen LogP contribution in [0.5, 0.6) is 0 Å². The molecule has 0 saturated heterocycles. The number of carboxylic acids is 1. The van der Waals surface area contributed by atoms with Crippen molar-refractivity contribution in [2.45, 2.75) is 13.0 Å². The highest BCUT2D eigenvalue weighted by atomic mass is 32.1. The Labute approximate surface area is 126 Å². The summed E-state index contributed by atoms with van der Waals surface area (Å²) in [5.41, 5.74) is 1.79. The molecule has 21 heavy (non-hydrogen) atoms. The zero-order valence-electron chi connectivity index (χ0n) is 11.3. The molecule has 4 nitrogen and oxygen atoms in total. The molecule has 2 N–H and O–H groups in total. The van der Waals surface area contributed by atoms with Crippen LogP contribution in [0.1, 0.15) is 16.0 Å². The molecule has 1 aromatic heterocycles. The molecule has 0 spiro atoms.